The third-order valence-corrected chi connectivity index (χ3v) is 6.07. The highest BCUT2D eigenvalue weighted by atomic mass is 16.6. The van der Waals surface area contributed by atoms with E-state index in [9.17, 15) is 14.4 Å². The molecule has 6 nitrogen and oxygen atoms in total. The smallest absolute Gasteiger partial charge is 0.334 e. The van der Waals surface area contributed by atoms with Crippen molar-refractivity contribution < 1.29 is 28.6 Å². The summed E-state index contributed by atoms with van der Waals surface area (Å²) in [5.41, 5.74) is -0.210. The molecule has 0 bridgehead atoms. The summed E-state index contributed by atoms with van der Waals surface area (Å²) in [6.07, 6.45) is 2.81. The van der Waals surface area contributed by atoms with E-state index in [0.717, 1.165) is 12.8 Å². The molecule has 0 spiro atoms. The predicted octanol–water partition coefficient (Wildman–Crippen LogP) is 2.73. The van der Waals surface area contributed by atoms with Gasteiger partial charge in [0, 0.05) is 24.3 Å². The first-order valence-corrected chi connectivity index (χ1v) is 9.48. The zero-order valence-corrected chi connectivity index (χ0v) is 15.8. The Morgan fingerprint density at radius 1 is 1.38 bits per heavy atom. The van der Waals surface area contributed by atoms with Crippen molar-refractivity contribution in [2.45, 2.75) is 83.2 Å². The third-order valence-electron chi connectivity index (χ3n) is 6.07. The minimum atomic E-state index is -0.653. The zero-order chi connectivity index (χ0) is 19.1. The van der Waals surface area contributed by atoms with E-state index in [1.165, 1.54) is 0 Å². The molecule has 3 aliphatic rings. The average molecular weight is 364 g/mol. The Labute approximate surface area is 154 Å². The average Bonchev–Trinajstić information content (AvgIpc) is 3.15. The van der Waals surface area contributed by atoms with Crippen LogP contribution in [0.1, 0.15) is 59.3 Å². The van der Waals surface area contributed by atoms with Crippen LogP contribution in [0.2, 0.25) is 0 Å². The number of ketones is 1. The first-order valence-electron chi connectivity index (χ1n) is 9.48. The fourth-order valence-corrected chi connectivity index (χ4v) is 4.38. The highest BCUT2D eigenvalue weighted by molar-refractivity contribution is 5.89. The van der Waals surface area contributed by atoms with Gasteiger partial charge in [-0.1, -0.05) is 13.5 Å². The molecule has 3 aliphatic heterocycles. The van der Waals surface area contributed by atoms with Gasteiger partial charge in [-0.05, 0) is 45.4 Å². The van der Waals surface area contributed by atoms with Gasteiger partial charge in [0.1, 0.15) is 23.6 Å². The Balaban J connectivity index is 1.72. The van der Waals surface area contributed by atoms with Gasteiger partial charge in [-0.3, -0.25) is 4.79 Å². The van der Waals surface area contributed by atoms with Gasteiger partial charge in [0.25, 0.3) is 0 Å². The molecule has 3 heterocycles. The monoisotopic (exact) mass is 364 g/mol. The van der Waals surface area contributed by atoms with E-state index in [-0.39, 0.29) is 47.9 Å². The van der Waals surface area contributed by atoms with Crippen LogP contribution in [0.25, 0.3) is 0 Å². The number of carbonyl (C=O) groups is 3. The molecule has 0 saturated carbocycles. The number of fused-ring (bicyclic) bond motifs is 1. The van der Waals surface area contributed by atoms with E-state index in [4.69, 9.17) is 14.2 Å². The molecule has 26 heavy (non-hydrogen) atoms. The van der Waals surface area contributed by atoms with Crippen LogP contribution in [0, 0.1) is 11.8 Å². The standard InChI is InChI=1S/C20H28O6/c1-11(6-5-7-12(2)21)17-18-14(13(3)19(23)25-17)10-15(24-18)20(4)9-8-16(22)26-20/h11,14-15,17-18H,3,5-10H2,1-2,4H3/t11-,14+,15+,17+,18-,20-/m1/s1. The van der Waals surface area contributed by atoms with Crippen molar-refractivity contribution in [3.63, 3.8) is 0 Å². The SMILES string of the molecule is C=C1C(=O)O[C@@H]([C@H](C)CCCC(C)=O)[C@@H]2O[C@H]([C@@]3(C)CCC(=O)O3)C[C@@H]12. The highest BCUT2D eigenvalue weighted by Crippen LogP contribution is 2.46. The van der Waals surface area contributed by atoms with Crippen LogP contribution in [0.4, 0.5) is 0 Å². The lowest BCUT2D eigenvalue weighted by molar-refractivity contribution is -0.178. The first-order chi connectivity index (χ1) is 12.2. The molecular formula is C20H28O6. The predicted molar refractivity (Wildman–Crippen MR) is 93.2 cm³/mol. The van der Waals surface area contributed by atoms with E-state index in [0.29, 0.717) is 31.3 Å². The van der Waals surface area contributed by atoms with E-state index in [1.807, 2.05) is 13.8 Å². The summed E-state index contributed by atoms with van der Waals surface area (Å²) in [5.74, 6) is -0.440. The normalized spacial score (nSPS) is 37.9. The number of Topliss-reactive ketones (excluding diaryl/α,β-unsaturated/α-hetero) is 1. The maximum Gasteiger partial charge on any atom is 0.334 e. The topological polar surface area (TPSA) is 78.9 Å². The van der Waals surface area contributed by atoms with Crippen molar-refractivity contribution in [3.05, 3.63) is 12.2 Å². The van der Waals surface area contributed by atoms with E-state index in [1.54, 1.807) is 6.92 Å². The fraction of sp³-hybridized carbons (Fsp3) is 0.750. The minimum absolute atomic E-state index is 0.0802. The van der Waals surface area contributed by atoms with Gasteiger partial charge in [-0.15, -0.1) is 0 Å². The Morgan fingerprint density at radius 2 is 2.12 bits per heavy atom. The molecule has 0 radical (unpaired) electrons. The number of hydrogen-bond donors (Lipinski definition) is 0. The first kappa shape index (κ1) is 19.1. The van der Waals surface area contributed by atoms with Gasteiger partial charge in [0.15, 0.2) is 0 Å². The van der Waals surface area contributed by atoms with Crippen molar-refractivity contribution in [1.82, 2.24) is 0 Å². The Kier molecular flexibility index (Phi) is 5.24. The molecule has 144 valence electrons. The minimum Gasteiger partial charge on any atom is -0.457 e. The number of hydrogen-bond acceptors (Lipinski definition) is 6. The second kappa shape index (κ2) is 7.14. The van der Waals surface area contributed by atoms with Crippen molar-refractivity contribution in [2.24, 2.45) is 11.8 Å². The van der Waals surface area contributed by atoms with E-state index < -0.39 is 5.60 Å². The molecule has 6 atom stereocenters. The number of ether oxygens (including phenoxy) is 3. The molecule has 3 rings (SSSR count). The second-order valence-electron chi connectivity index (χ2n) is 8.18. The number of cyclic esters (lactones) is 2. The molecule has 3 saturated heterocycles. The summed E-state index contributed by atoms with van der Waals surface area (Å²) in [6, 6.07) is 0. The summed E-state index contributed by atoms with van der Waals surface area (Å²) in [4.78, 5) is 35.0. The van der Waals surface area contributed by atoms with Crippen LogP contribution in [0.3, 0.4) is 0 Å². The largest absolute Gasteiger partial charge is 0.457 e. The molecule has 0 unspecified atom stereocenters. The fourth-order valence-electron chi connectivity index (χ4n) is 4.38. The molecular weight excluding hydrogens is 336 g/mol. The molecule has 0 aliphatic carbocycles. The Morgan fingerprint density at radius 3 is 2.73 bits per heavy atom. The van der Waals surface area contributed by atoms with Gasteiger partial charge in [-0.2, -0.15) is 0 Å². The van der Waals surface area contributed by atoms with Crippen LogP contribution in [-0.4, -0.2) is 41.6 Å². The molecule has 6 heteroatoms. The van der Waals surface area contributed by atoms with Crippen molar-refractivity contribution in [2.75, 3.05) is 0 Å². The summed E-state index contributed by atoms with van der Waals surface area (Å²) >= 11 is 0. The van der Waals surface area contributed by atoms with Gasteiger partial charge >= 0.3 is 11.9 Å². The van der Waals surface area contributed by atoms with Crippen LogP contribution < -0.4 is 0 Å². The number of esters is 2. The van der Waals surface area contributed by atoms with E-state index in [2.05, 4.69) is 6.58 Å². The van der Waals surface area contributed by atoms with Crippen LogP contribution >= 0.6 is 0 Å². The molecule has 0 N–H and O–H groups in total. The molecule has 3 fully saturated rings. The maximum atomic E-state index is 12.3. The lowest BCUT2D eigenvalue weighted by Crippen LogP contribution is -2.47. The summed E-state index contributed by atoms with van der Waals surface area (Å²) in [7, 11) is 0. The van der Waals surface area contributed by atoms with Gasteiger partial charge in [-0.25, -0.2) is 4.79 Å². The van der Waals surface area contributed by atoms with Crippen LogP contribution in [-0.2, 0) is 28.6 Å². The summed E-state index contributed by atoms with van der Waals surface area (Å²) < 4.78 is 17.5. The molecule has 0 aromatic rings. The van der Waals surface area contributed by atoms with Crippen LogP contribution in [0.15, 0.2) is 12.2 Å². The quantitative estimate of drug-likeness (QED) is 0.533. The third kappa shape index (κ3) is 3.56. The molecule has 0 amide bonds. The highest BCUT2D eigenvalue weighted by Gasteiger charge is 2.56. The second-order valence-corrected chi connectivity index (χ2v) is 8.18. The van der Waals surface area contributed by atoms with E-state index >= 15 is 0 Å². The maximum absolute atomic E-state index is 12.3. The van der Waals surface area contributed by atoms with Crippen molar-refractivity contribution >= 4 is 17.7 Å². The van der Waals surface area contributed by atoms with Gasteiger partial charge in [0.2, 0.25) is 0 Å². The molecule has 0 aromatic carbocycles. The number of rotatable bonds is 6. The summed E-state index contributed by atoms with van der Waals surface area (Å²) in [6.45, 7) is 9.42. The van der Waals surface area contributed by atoms with Crippen LogP contribution in [0.5, 0.6) is 0 Å². The molecule has 0 aromatic heterocycles. The zero-order valence-electron chi connectivity index (χ0n) is 15.8. The van der Waals surface area contributed by atoms with Gasteiger partial charge in [0.05, 0.1) is 6.10 Å². The number of carbonyl (C=O) groups excluding carboxylic acids is 3. The van der Waals surface area contributed by atoms with Gasteiger partial charge < -0.3 is 19.0 Å². The lowest BCUT2D eigenvalue weighted by atomic mass is 9.80. The summed E-state index contributed by atoms with van der Waals surface area (Å²) in [5, 5.41) is 0. The Hall–Kier alpha value is -1.69. The Bertz CT molecular complexity index is 626. The lowest BCUT2D eigenvalue weighted by Gasteiger charge is -2.37. The van der Waals surface area contributed by atoms with Crippen molar-refractivity contribution in [3.8, 4) is 0 Å². The van der Waals surface area contributed by atoms with Crippen molar-refractivity contribution in [1.29, 1.82) is 0 Å².